The molecule has 0 aliphatic rings. The van der Waals surface area contributed by atoms with E-state index in [9.17, 15) is 34.8 Å². The van der Waals surface area contributed by atoms with Crippen molar-refractivity contribution in [2.24, 2.45) is 0 Å². The average Bonchev–Trinajstić information content (AvgIpc) is 2.66. The molecule has 2 rings (SSSR count). The predicted molar refractivity (Wildman–Crippen MR) is 99.2 cm³/mol. The van der Waals surface area contributed by atoms with Crippen LogP contribution in [0.5, 0.6) is 11.5 Å². The number of carbonyl (C=O) groups is 1. The van der Waals surface area contributed by atoms with E-state index in [2.05, 4.69) is 0 Å². The molecule has 0 aliphatic carbocycles. The minimum Gasteiger partial charge on any atom is -0.506 e. The van der Waals surface area contributed by atoms with Crippen molar-refractivity contribution in [1.29, 1.82) is 5.26 Å². The number of nitriles is 1. The number of hydrogen-bond acceptors (Lipinski definition) is 7. The van der Waals surface area contributed by atoms with E-state index in [-0.39, 0.29) is 16.9 Å². The molecule has 0 unspecified atom stereocenters. The number of carbonyl (C=O) groups excluding carboxylic acids is 1. The van der Waals surface area contributed by atoms with E-state index in [1.165, 1.54) is 31.2 Å². The summed E-state index contributed by atoms with van der Waals surface area (Å²) >= 11 is 0. The number of hydroxylamine groups is 2. The Balaban J connectivity index is 2.44. The fourth-order valence-electron chi connectivity index (χ4n) is 2.41. The van der Waals surface area contributed by atoms with E-state index in [0.29, 0.717) is 10.6 Å². The number of likely N-dealkylation sites (N-methyl/N-ethyl adjacent to an activating group) is 1. The number of nitro benzene ring substituents is 1. The smallest absolute Gasteiger partial charge is 0.311 e. The van der Waals surface area contributed by atoms with Crippen LogP contribution in [-0.4, -0.2) is 33.2 Å². The van der Waals surface area contributed by atoms with E-state index in [4.69, 9.17) is 4.84 Å². The molecule has 0 bridgehead atoms. The van der Waals surface area contributed by atoms with Gasteiger partial charge in [0.25, 0.3) is 0 Å². The Kier molecular flexibility index (Phi) is 6.03. The summed E-state index contributed by atoms with van der Waals surface area (Å²) in [7, 11) is 1.11. The van der Waals surface area contributed by atoms with Gasteiger partial charge in [-0.1, -0.05) is 6.07 Å². The molecule has 2 aromatic rings. The lowest BCUT2D eigenvalue weighted by molar-refractivity contribution is -0.385. The number of aliphatic hydroxyl groups excluding tert-OH is 1. The maximum atomic E-state index is 13.8. The molecule has 0 radical (unpaired) electrons. The zero-order valence-corrected chi connectivity index (χ0v) is 15.6. The molecule has 2 N–H and O–H groups in total. The summed E-state index contributed by atoms with van der Waals surface area (Å²) in [5, 5.41) is 41.0. The molecule has 29 heavy (non-hydrogen) atoms. The van der Waals surface area contributed by atoms with Crippen LogP contribution in [0.4, 0.5) is 10.1 Å². The number of aryl methyl sites for hydroxylation is 2. The van der Waals surface area contributed by atoms with Gasteiger partial charge in [0, 0.05) is 18.7 Å². The minimum absolute atomic E-state index is 0.0527. The Bertz CT molecular complexity index is 1070. The quantitative estimate of drug-likeness (QED) is 0.258. The highest BCUT2D eigenvalue weighted by atomic mass is 19.1. The highest BCUT2D eigenvalue weighted by molar-refractivity contribution is 6.03. The molecule has 0 fully saturated rings. The molecule has 0 heterocycles. The van der Waals surface area contributed by atoms with Crippen LogP contribution in [0.25, 0.3) is 5.76 Å². The van der Waals surface area contributed by atoms with Crippen molar-refractivity contribution in [1.82, 2.24) is 5.06 Å². The van der Waals surface area contributed by atoms with Crippen LogP contribution in [0.2, 0.25) is 0 Å². The largest absolute Gasteiger partial charge is 0.506 e. The number of nitrogens with zero attached hydrogens (tertiary/aromatic N) is 3. The number of rotatable bonds is 5. The summed E-state index contributed by atoms with van der Waals surface area (Å²) in [5.41, 5.74) is -1.01. The second-order valence-electron chi connectivity index (χ2n) is 6.08. The third-order valence-corrected chi connectivity index (χ3v) is 3.92. The van der Waals surface area contributed by atoms with Gasteiger partial charge >= 0.3 is 11.6 Å². The van der Waals surface area contributed by atoms with Crippen molar-refractivity contribution in [3.8, 4) is 17.6 Å². The molecular formula is C19H16FN3O6. The van der Waals surface area contributed by atoms with Gasteiger partial charge in [0.15, 0.2) is 22.9 Å². The molecule has 9 nitrogen and oxygen atoms in total. The van der Waals surface area contributed by atoms with Gasteiger partial charge in [0.1, 0.15) is 11.8 Å². The molecule has 0 aliphatic heterocycles. The van der Waals surface area contributed by atoms with Gasteiger partial charge in [-0.3, -0.25) is 14.9 Å². The molecule has 1 amide bonds. The summed E-state index contributed by atoms with van der Waals surface area (Å²) in [6, 6.07) is 7.47. The van der Waals surface area contributed by atoms with E-state index in [0.717, 1.165) is 19.2 Å². The minimum atomic E-state index is -1.11. The van der Waals surface area contributed by atoms with E-state index in [1.54, 1.807) is 6.92 Å². The second kappa shape index (κ2) is 8.26. The lowest BCUT2D eigenvalue weighted by atomic mass is 10.0. The SMILES string of the molecule is Cc1ccc(F)c(ON(C)C(=O)/C(C#N)=C(\O)c2cc(C)c(O)c([N+](=O)[O-])c2)c1. The van der Waals surface area contributed by atoms with Crippen LogP contribution < -0.4 is 4.84 Å². The Morgan fingerprint density at radius 2 is 1.97 bits per heavy atom. The number of aromatic hydroxyl groups is 1. The highest BCUT2D eigenvalue weighted by Gasteiger charge is 2.25. The Hall–Kier alpha value is -4.13. The maximum absolute atomic E-state index is 13.8. The van der Waals surface area contributed by atoms with Crippen molar-refractivity contribution in [2.75, 3.05) is 7.05 Å². The molecule has 0 saturated carbocycles. The van der Waals surface area contributed by atoms with E-state index >= 15 is 0 Å². The molecule has 0 spiro atoms. The number of halogens is 1. The Morgan fingerprint density at radius 1 is 1.31 bits per heavy atom. The van der Waals surface area contributed by atoms with Gasteiger partial charge in [-0.2, -0.15) is 10.3 Å². The first-order chi connectivity index (χ1) is 13.6. The number of aliphatic hydroxyl groups is 1. The Morgan fingerprint density at radius 3 is 2.55 bits per heavy atom. The van der Waals surface area contributed by atoms with E-state index < -0.39 is 39.4 Å². The van der Waals surface area contributed by atoms with Crippen molar-refractivity contribution >= 4 is 17.4 Å². The van der Waals surface area contributed by atoms with Gasteiger partial charge in [-0.15, -0.1) is 0 Å². The fourth-order valence-corrected chi connectivity index (χ4v) is 2.41. The van der Waals surface area contributed by atoms with Crippen LogP contribution in [0.1, 0.15) is 16.7 Å². The van der Waals surface area contributed by atoms with Crippen LogP contribution in [0, 0.1) is 41.1 Å². The molecule has 0 atom stereocenters. The number of nitro groups is 1. The maximum Gasteiger partial charge on any atom is 0.311 e. The third-order valence-electron chi connectivity index (χ3n) is 3.92. The zero-order chi connectivity index (χ0) is 21.9. The van der Waals surface area contributed by atoms with Gasteiger partial charge in [0.2, 0.25) is 0 Å². The van der Waals surface area contributed by atoms with Gasteiger partial charge < -0.3 is 15.1 Å². The number of benzene rings is 2. The molecular weight excluding hydrogens is 385 g/mol. The summed E-state index contributed by atoms with van der Waals surface area (Å²) in [6.45, 7) is 3.03. The molecule has 2 aromatic carbocycles. The monoisotopic (exact) mass is 401 g/mol. The second-order valence-corrected chi connectivity index (χ2v) is 6.08. The molecule has 10 heteroatoms. The van der Waals surface area contributed by atoms with E-state index in [1.807, 2.05) is 0 Å². The summed E-state index contributed by atoms with van der Waals surface area (Å²) in [5.74, 6) is -3.59. The van der Waals surface area contributed by atoms with Crippen LogP contribution in [0.3, 0.4) is 0 Å². The summed E-state index contributed by atoms with van der Waals surface area (Å²) < 4.78 is 13.8. The first kappa shape index (κ1) is 21.2. The van der Waals surface area contributed by atoms with Crippen molar-refractivity contribution in [3.05, 3.63) is 68.5 Å². The normalized spacial score (nSPS) is 11.3. The lowest BCUT2D eigenvalue weighted by Gasteiger charge is -2.18. The van der Waals surface area contributed by atoms with Gasteiger partial charge in [0.05, 0.1) is 4.92 Å². The van der Waals surface area contributed by atoms with Crippen molar-refractivity contribution in [2.45, 2.75) is 13.8 Å². The highest BCUT2D eigenvalue weighted by Crippen LogP contribution is 2.33. The van der Waals surface area contributed by atoms with Crippen LogP contribution >= 0.6 is 0 Å². The molecule has 0 aromatic heterocycles. The standard InChI is InChI=1S/C19H16FN3O6/c1-10-4-5-14(20)16(6-10)29-22(3)19(26)13(9-21)18(25)12-7-11(2)17(24)15(8-12)23(27)28/h4-8,24-25H,1-3H3/b18-13-. The number of hydrogen-bond donors (Lipinski definition) is 2. The van der Waals surface area contributed by atoms with Gasteiger partial charge in [-0.25, -0.2) is 4.39 Å². The fraction of sp³-hybridized carbons (Fsp3) is 0.158. The van der Waals surface area contributed by atoms with Gasteiger partial charge in [-0.05, 0) is 43.2 Å². The Labute approximate surface area is 164 Å². The zero-order valence-electron chi connectivity index (χ0n) is 15.6. The first-order valence-corrected chi connectivity index (χ1v) is 8.10. The molecule has 150 valence electrons. The third kappa shape index (κ3) is 4.41. The topological polar surface area (TPSA) is 137 Å². The number of phenols is 1. The van der Waals surface area contributed by atoms with Crippen LogP contribution in [0.15, 0.2) is 35.9 Å². The van der Waals surface area contributed by atoms with Crippen molar-refractivity contribution in [3.63, 3.8) is 0 Å². The predicted octanol–water partition coefficient (Wildman–Crippen LogP) is 3.30. The number of amides is 1. The first-order valence-electron chi connectivity index (χ1n) is 8.10. The lowest BCUT2D eigenvalue weighted by Crippen LogP contribution is -2.32. The molecule has 0 saturated heterocycles. The summed E-state index contributed by atoms with van der Waals surface area (Å²) in [6.07, 6.45) is 0. The number of phenolic OH excluding ortho intramolecular Hbond substituents is 1. The summed E-state index contributed by atoms with van der Waals surface area (Å²) in [4.78, 5) is 27.8. The average molecular weight is 401 g/mol. The van der Waals surface area contributed by atoms with Crippen molar-refractivity contribution < 1.29 is 29.2 Å². The van der Waals surface area contributed by atoms with Crippen LogP contribution in [-0.2, 0) is 4.79 Å².